The van der Waals surface area contributed by atoms with Crippen LogP contribution in [0.5, 0.6) is 0 Å². The van der Waals surface area contributed by atoms with Gasteiger partial charge in [-0.05, 0) is 18.1 Å². The van der Waals surface area contributed by atoms with Crippen LogP contribution < -0.4 is 0 Å². The highest BCUT2D eigenvalue weighted by atomic mass is 16.1. The van der Waals surface area contributed by atoms with Gasteiger partial charge in [-0.1, -0.05) is 37.3 Å². The number of nitriles is 1. The lowest BCUT2D eigenvalue weighted by atomic mass is 10.0. The third kappa shape index (κ3) is 1.70. The number of rotatable bonds is 2. The van der Waals surface area contributed by atoms with Gasteiger partial charge in [0, 0.05) is 17.5 Å². The Balaban J connectivity index is 2.84. The molecule has 0 amide bonds. The zero-order chi connectivity index (χ0) is 12.4. The van der Waals surface area contributed by atoms with E-state index in [2.05, 4.69) is 6.07 Å². The Morgan fingerprint density at radius 1 is 1.24 bits per heavy atom. The molecule has 2 heteroatoms. The van der Waals surface area contributed by atoms with Gasteiger partial charge in [-0.2, -0.15) is 5.26 Å². The van der Waals surface area contributed by atoms with Crippen LogP contribution in [0.1, 0.15) is 34.8 Å². The van der Waals surface area contributed by atoms with E-state index in [9.17, 15) is 10.1 Å². The van der Waals surface area contributed by atoms with Gasteiger partial charge in [-0.3, -0.25) is 4.79 Å². The number of nitrogens with zero attached hydrogens (tertiary/aromatic N) is 1. The van der Waals surface area contributed by atoms with Crippen molar-refractivity contribution >= 4 is 5.78 Å². The van der Waals surface area contributed by atoms with Crippen molar-refractivity contribution in [1.29, 1.82) is 5.26 Å². The second kappa shape index (κ2) is 4.39. The van der Waals surface area contributed by atoms with E-state index in [-0.39, 0.29) is 5.78 Å². The van der Waals surface area contributed by atoms with Crippen LogP contribution in [0.4, 0.5) is 0 Å². The summed E-state index contributed by atoms with van der Waals surface area (Å²) in [5.41, 5.74) is 3.88. The van der Waals surface area contributed by atoms with Crippen molar-refractivity contribution in [3.05, 3.63) is 47.0 Å². The van der Waals surface area contributed by atoms with Crippen molar-refractivity contribution in [2.24, 2.45) is 0 Å². The van der Waals surface area contributed by atoms with Crippen molar-refractivity contribution in [3.63, 3.8) is 0 Å². The maximum Gasteiger partial charge on any atom is 0.163 e. The van der Waals surface area contributed by atoms with Crippen LogP contribution in [0.25, 0.3) is 11.1 Å². The summed E-state index contributed by atoms with van der Waals surface area (Å²) in [5, 5.41) is 9.20. The van der Waals surface area contributed by atoms with Gasteiger partial charge in [0.1, 0.15) is 6.07 Å². The van der Waals surface area contributed by atoms with Crippen LogP contribution >= 0.6 is 0 Å². The second-order valence-electron chi connectivity index (χ2n) is 4.00. The summed E-state index contributed by atoms with van der Waals surface area (Å²) >= 11 is 0. The first-order valence-corrected chi connectivity index (χ1v) is 5.65. The number of ketones is 1. The van der Waals surface area contributed by atoms with Crippen molar-refractivity contribution in [2.45, 2.75) is 20.3 Å². The van der Waals surface area contributed by atoms with E-state index >= 15 is 0 Å². The molecule has 0 spiro atoms. The van der Waals surface area contributed by atoms with Crippen LogP contribution in [0.2, 0.25) is 0 Å². The molecule has 2 aliphatic rings. The van der Waals surface area contributed by atoms with Gasteiger partial charge in [-0.15, -0.1) is 0 Å². The minimum Gasteiger partial charge on any atom is -0.294 e. The fraction of sp³-hybridized carbons (Fsp3) is 0.200. The summed E-state index contributed by atoms with van der Waals surface area (Å²) in [5.74, 6) is 0.0974. The fourth-order valence-electron chi connectivity index (χ4n) is 2.19. The smallest absolute Gasteiger partial charge is 0.163 e. The molecular formula is C15H13NO. The van der Waals surface area contributed by atoms with E-state index in [4.69, 9.17) is 0 Å². The SMILES string of the molecule is CCC(=O)c1c2cccccc-2c(C#N)c1C. The molecule has 0 aliphatic heterocycles. The van der Waals surface area contributed by atoms with E-state index < -0.39 is 0 Å². The van der Waals surface area contributed by atoms with Crippen LogP contribution in [-0.4, -0.2) is 5.78 Å². The Morgan fingerprint density at radius 3 is 2.47 bits per heavy atom. The molecule has 0 saturated carbocycles. The second-order valence-corrected chi connectivity index (χ2v) is 4.00. The van der Waals surface area contributed by atoms with E-state index in [1.807, 2.05) is 44.2 Å². The Kier molecular flexibility index (Phi) is 2.93. The molecular weight excluding hydrogens is 210 g/mol. The van der Waals surface area contributed by atoms with Crippen LogP contribution in [-0.2, 0) is 0 Å². The quantitative estimate of drug-likeness (QED) is 0.730. The Labute approximate surface area is 101 Å². The maximum atomic E-state index is 12.0. The van der Waals surface area contributed by atoms with Crippen LogP contribution in [0, 0.1) is 18.3 Å². The lowest BCUT2D eigenvalue weighted by Gasteiger charge is -1.99. The average Bonchev–Trinajstić information content (AvgIpc) is 2.50. The zero-order valence-electron chi connectivity index (χ0n) is 9.95. The third-order valence-electron chi connectivity index (χ3n) is 3.04. The molecule has 17 heavy (non-hydrogen) atoms. The van der Waals surface area contributed by atoms with Crippen molar-refractivity contribution < 1.29 is 4.79 Å². The van der Waals surface area contributed by atoms with Crippen LogP contribution in [0.3, 0.4) is 0 Å². The Bertz CT molecular complexity index is 593. The average molecular weight is 223 g/mol. The molecule has 0 saturated heterocycles. The van der Waals surface area contributed by atoms with E-state index in [1.165, 1.54) is 0 Å². The molecule has 0 aromatic rings. The molecule has 0 bridgehead atoms. The number of fused-ring (bicyclic) bond motifs is 1. The number of hydrogen-bond donors (Lipinski definition) is 0. The summed E-state index contributed by atoms with van der Waals surface area (Å²) in [6.45, 7) is 3.69. The Morgan fingerprint density at radius 2 is 1.88 bits per heavy atom. The lowest BCUT2D eigenvalue weighted by Crippen LogP contribution is -1.97. The molecule has 0 unspecified atom stereocenters. The van der Waals surface area contributed by atoms with E-state index in [0.717, 1.165) is 16.7 Å². The van der Waals surface area contributed by atoms with Crippen molar-refractivity contribution in [3.8, 4) is 17.2 Å². The molecule has 2 aliphatic carbocycles. The molecule has 0 fully saturated rings. The largest absolute Gasteiger partial charge is 0.294 e. The van der Waals surface area contributed by atoms with Gasteiger partial charge in [0.2, 0.25) is 0 Å². The monoisotopic (exact) mass is 223 g/mol. The van der Waals surface area contributed by atoms with Gasteiger partial charge in [0.15, 0.2) is 5.78 Å². The molecule has 84 valence electrons. The standard InChI is InChI=1S/C15H13NO/c1-3-14(17)15-10(2)13(9-16)11-7-5-4-6-8-12(11)15/h4-8H,3H2,1-2H3. The molecule has 0 aromatic heterocycles. The summed E-state index contributed by atoms with van der Waals surface area (Å²) in [4.78, 5) is 12.0. The number of carbonyl (C=O) groups is 1. The first kappa shape index (κ1) is 11.3. The predicted octanol–water partition coefficient (Wildman–Crippen LogP) is 3.56. The first-order chi connectivity index (χ1) is 8.20. The van der Waals surface area contributed by atoms with Gasteiger partial charge >= 0.3 is 0 Å². The van der Waals surface area contributed by atoms with Gasteiger partial charge < -0.3 is 0 Å². The topological polar surface area (TPSA) is 40.9 Å². The zero-order valence-corrected chi connectivity index (χ0v) is 9.95. The van der Waals surface area contributed by atoms with E-state index in [1.54, 1.807) is 0 Å². The Hall–Kier alpha value is -2.14. The van der Waals surface area contributed by atoms with Gasteiger partial charge in [0.25, 0.3) is 0 Å². The number of carbonyl (C=O) groups excluding carboxylic acids is 1. The predicted molar refractivity (Wildman–Crippen MR) is 67.1 cm³/mol. The van der Waals surface area contributed by atoms with Gasteiger partial charge in [0.05, 0.1) is 5.56 Å². The summed E-state index contributed by atoms with van der Waals surface area (Å²) in [6, 6.07) is 11.7. The summed E-state index contributed by atoms with van der Waals surface area (Å²) in [7, 11) is 0. The minimum absolute atomic E-state index is 0.0974. The van der Waals surface area contributed by atoms with Crippen molar-refractivity contribution in [1.82, 2.24) is 0 Å². The minimum atomic E-state index is 0.0974. The number of Topliss-reactive ketones (excluding diaryl/α,β-unsaturated/α-hetero) is 1. The molecule has 0 aromatic carbocycles. The number of hydrogen-bond acceptors (Lipinski definition) is 2. The third-order valence-corrected chi connectivity index (χ3v) is 3.04. The van der Waals surface area contributed by atoms with E-state index in [0.29, 0.717) is 17.5 Å². The lowest BCUT2D eigenvalue weighted by molar-refractivity contribution is 0.0988. The highest BCUT2D eigenvalue weighted by molar-refractivity contribution is 6.06. The summed E-state index contributed by atoms with van der Waals surface area (Å²) < 4.78 is 0. The van der Waals surface area contributed by atoms with Crippen LogP contribution in [0.15, 0.2) is 30.3 Å². The highest BCUT2D eigenvalue weighted by Crippen LogP contribution is 2.36. The van der Waals surface area contributed by atoms with Crippen molar-refractivity contribution in [2.75, 3.05) is 0 Å². The highest BCUT2D eigenvalue weighted by Gasteiger charge is 2.22. The first-order valence-electron chi connectivity index (χ1n) is 5.65. The summed E-state index contributed by atoms with van der Waals surface area (Å²) in [6.07, 6.45) is 0.462. The molecule has 2 nitrogen and oxygen atoms in total. The molecule has 0 N–H and O–H groups in total. The molecule has 0 radical (unpaired) electrons. The van der Waals surface area contributed by atoms with Gasteiger partial charge in [-0.25, -0.2) is 0 Å². The molecule has 0 heterocycles. The fourth-order valence-corrected chi connectivity index (χ4v) is 2.19. The molecule has 2 rings (SSSR count). The maximum absolute atomic E-state index is 12.0. The normalized spacial score (nSPS) is 10.2. The molecule has 0 atom stereocenters.